The van der Waals surface area contributed by atoms with E-state index in [-0.39, 0.29) is 6.10 Å². The molecule has 0 atom stereocenters. The van der Waals surface area contributed by atoms with Crippen molar-refractivity contribution in [1.29, 1.82) is 0 Å². The first kappa shape index (κ1) is 13.7. The zero-order chi connectivity index (χ0) is 13.8. The standard InChI is InChI=1S/C14H19NO4/c1-9-7-11(19-10-3-5-18-6-4-10)8-12(13(9)15)14(16)17-2/h7-8,10H,3-6,15H2,1-2H3. The first-order valence-corrected chi connectivity index (χ1v) is 6.34. The Hall–Kier alpha value is -1.75. The topological polar surface area (TPSA) is 70.8 Å². The number of nitrogen functional groups attached to an aromatic ring is 1. The van der Waals surface area contributed by atoms with Gasteiger partial charge in [-0.25, -0.2) is 4.79 Å². The molecule has 2 N–H and O–H groups in total. The molecule has 1 aliphatic rings. The molecule has 104 valence electrons. The number of methoxy groups -OCH3 is 1. The van der Waals surface area contributed by atoms with Gasteiger partial charge in [0, 0.05) is 18.5 Å². The first-order chi connectivity index (χ1) is 9.11. The van der Waals surface area contributed by atoms with Crippen LogP contribution >= 0.6 is 0 Å². The summed E-state index contributed by atoms with van der Waals surface area (Å²) in [6.07, 6.45) is 1.84. The van der Waals surface area contributed by atoms with E-state index in [1.165, 1.54) is 7.11 Å². The van der Waals surface area contributed by atoms with Gasteiger partial charge in [-0.05, 0) is 24.6 Å². The van der Waals surface area contributed by atoms with Gasteiger partial charge in [-0.3, -0.25) is 0 Å². The molecule has 5 nitrogen and oxygen atoms in total. The van der Waals surface area contributed by atoms with Gasteiger partial charge < -0.3 is 19.9 Å². The fraction of sp³-hybridized carbons (Fsp3) is 0.500. The Kier molecular flexibility index (Phi) is 4.27. The van der Waals surface area contributed by atoms with Gasteiger partial charge in [0.15, 0.2) is 0 Å². The van der Waals surface area contributed by atoms with Crippen molar-refractivity contribution in [2.45, 2.75) is 25.9 Å². The van der Waals surface area contributed by atoms with E-state index in [0.29, 0.717) is 30.2 Å². The van der Waals surface area contributed by atoms with Gasteiger partial charge in [-0.15, -0.1) is 0 Å². The molecule has 0 aromatic heterocycles. The van der Waals surface area contributed by atoms with Crippen LogP contribution in [0.3, 0.4) is 0 Å². The Morgan fingerprint density at radius 2 is 2.05 bits per heavy atom. The smallest absolute Gasteiger partial charge is 0.340 e. The molecule has 19 heavy (non-hydrogen) atoms. The van der Waals surface area contributed by atoms with Gasteiger partial charge in [-0.2, -0.15) is 0 Å². The molecule has 0 saturated carbocycles. The minimum atomic E-state index is -0.446. The summed E-state index contributed by atoms with van der Waals surface area (Å²) in [4.78, 5) is 11.7. The van der Waals surface area contributed by atoms with Crippen molar-refractivity contribution >= 4 is 11.7 Å². The van der Waals surface area contributed by atoms with Crippen molar-refractivity contribution in [3.8, 4) is 5.75 Å². The Bertz CT molecular complexity index is 467. The van der Waals surface area contributed by atoms with E-state index in [4.69, 9.17) is 19.9 Å². The van der Waals surface area contributed by atoms with E-state index < -0.39 is 5.97 Å². The van der Waals surface area contributed by atoms with Crippen LogP contribution < -0.4 is 10.5 Å². The van der Waals surface area contributed by atoms with Crippen LogP contribution in [0.2, 0.25) is 0 Å². The number of benzene rings is 1. The van der Waals surface area contributed by atoms with Gasteiger partial charge in [0.2, 0.25) is 0 Å². The number of nitrogens with two attached hydrogens (primary N) is 1. The molecule has 0 amide bonds. The SMILES string of the molecule is COC(=O)c1cc(OC2CCOCC2)cc(C)c1N. The van der Waals surface area contributed by atoms with Crippen LogP contribution in [-0.4, -0.2) is 32.4 Å². The van der Waals surface area contributed by atoms with Crippen LogP contribution in [0.5, 0.6) is 5.75 Å². The minimum Gasteiger partial charge on any atom is -0.490 e. The van der Waals surface area contributed by atoms with E-state index in [2.05, 4.69) is 0 Å². The van der Waals surface area contributed by atoms with Crippen LogP contribution in [0, 0.1) is 6.92 Å². The van der Waals surface area contributed by atoms with Gasteiger partial charge in [-0.1, -0.05) is 0 Å². The molecule has 1 aromatic rings. The van der Waals surface area contributed by atoms with Crippen LogP contribution in [0.15, 0.2) is 12.1 Å². The average Bonchev–Trinajstić information content (AvgIpc) is 2.43. The second-order valence-corrected chi connectivity index (χ2v) is 4.62. The van der Waals surface area contributed by atoms with E-state index in [9.17, 15) is 4.79 Å². The monoisotopic (exact) mass is 265 g/mol. The van der Waals surface area contributed by atoms with Crippen LogP contribution in [0.1, 0.15) is 28.8 Å². The average molecular weight is 265 g/mol. The zero-order valence-corrected chi connectivity index (χ0v) is 11.3. The molecule has 1 aliphatic heterocycles. The highest BCUT2D eigenvalue weighted by Gasteiger charge is 2.18. The molecule has 5 heteroatoms. The highest BCUT2D eigenvalue weighted by atomic mass is 16.5. The number of rotatable bonds is 3. The molecule has 1 aromatic carbocycles. The number of hydrogen-bond donors (Lipinski definition) is 1. The predicted molar refractivity (Wildman–Crippen MR) is 71.4 cm³/mol. The summed E-state index contributed by atoms with van der Waals surface area (Å²) < 4.78 is 15.9. The summed E-state index contributed by atoms with van der Waals surface area (Å²) in [6, 6.07) is 3.49. The summed E-state index contributed by atoms with van der Waals surface area (Å²) in [5.41, 5.74) is 7.48. The zero-order valence-electron chi connectivity index (χ0n) is 11.3. The molecule has 1 fully saturated rings. The maximum atomic E-state index is 11.7. The number of carbonyl (C=O) groups excluding carboxylic acids is 1. The second kappa shape index (κ2) is 5.93. The molecule has 0 unspecified atom stereocenters. The molecule has 0 radical (unpaired) electrons. The third-order valence-electron chi connectivity index (χ3n) is 3.24. The van der Waals surface area contributed by atoms with E-state index in [1.54, 1.807) is 6.07 Å². The van der Waals surface area contributed by atoms with Crippen molar-refractivity contribution < 1.29 is 19.0 Å². The van der Waals surface area contributed by atoms with Crippen LogP contribution in [0.25, 0.3) is 0 Å². The number of esters is 1. The fourth-order valence-electron chi connectivity index (χ4n) is 2.10. The van der Waals surface area contributed by atoms with Crippen molar-refractivity contribution in [3.63, 3.8) is 0 Å². The lowest BCUT2D eigenvalue weighted by Crippen LogP contribution is -2.26. The van der Waals surface area contributed by atoms with Crippen molar-refractivity contribution in [1.82, 2.24) is 0 Å². The molecular formula is C14H19NO4. The first-order valence-electron chi connectivity index (χ1n) is 6.34. The van der Waals surface area contributed by atoms with Crippen LogP contribution in [-0.2, 0) is 9.47 Å². The Labute approximate surface area is 112 Å². The number of hydrogen-bond acceptors (Lipinski definition) is 5. The van der Waals surface area contributed by atoms with Gasteiger partial charge in [0.1, 0.15) is 11.9 Å². The Morgan fingerprint density at radius 1 is 1.37 bits per heavy atom. The maximum absolute atomic E-state index is 11.7. The summed E-state index contributed by atoms with van der Waals surface area (Å²) in [5, 5.41) is 0. The third kappa shape index (κ3) is 3.17. The highest BCUT2D eigenvalue weighted by Crippen LogP contribution is 2.27. The van der Waals surface area contributed by atoms with E-state index in [0.717, 1.165) is 18.4 Å². The summed E-state index contributed by atoms with van der Waals surface area (Å²) >= 11 is 0. The Morgan fingerprint density at radius 3 is 2.68 bits per heavy atom. The lowest BCUT2D eigenvalue weighted by atomic mass is 10.1. The Balaban J connectivity index is 2.20. The summed E-state index contributed by atoms with van der Waals surface area (Å²) in [5.74, 6) is 0.206. The number of carbonyl (C=O) groups is 1. The normalized spacial score (nSPS) is 16.1. The lowest BCUT2D eigenvalue weighted by molar-refractivity contribution is 0.0254. The van der Waals surface area contributed by atoms with Gasteiger partial charge in [0.05, 0.1) is 25.9 Å². The third-order valence-corrected chi connectivity index (χ3v) is 3.24. The quantitative estimate of drug-likeness (QED) is 0.668. The molecule has 1 saturated heterocycles. The van der Waals surface area contributed by atoms with Crippen molar-refractivity contribution in [2.24, 2.45) is 0 Å². The highest BCUT2D eigenvalue weighted by molar-refractivity contribution is 5.96. The molecule has 0 spiro atoms. The number of anilines is 1. The predicted octanol–water partition coefficient (Wildman–Crippen LogP) is 1.92. The second-order valence-electron chi connectivity index (χ2n) is 4.62. The van der Waals surface area contributed by atoms with Gasteiger partial charge in [0.25, 0.3) is 0 Å². The van der Waals surface area contributed by atoms with Crippen LogP contribution in [0.4, 0.5) is 5.69 Å². The molecule has 2 rings (SSSR count). The summed E-state index contributed by atoms with van der Waals surface area (Å²) in [7, 11) is 1.34. The largest absolute Gasteiger partial charge is 0.490 e. The molecule has 0 aliphatic carbocycles. The van der Waals surface area contributed by atoms with Gasteiger partial charge >= 0.3 is 5.97 Å². The summed E-state index contributed by atoms with van der Waals surface area (Å²) in [6.45, 7) is 3.27. The minimum absolute atomic E-state index is 0.127. The maximum Gasteiger partial charge on any atom is 0.340 e. The number of ether oxygens (including phenoxy) is 3. The molecular weight excluding hydrogens is 246 g/mol. The molecule has 1 heterocycles. The van der Waals surface area contributed by atoms with E-state index in [1.807, 2.05) is 13.0 Å². The fourth-order valence-corrected chi connectivity index (χ4v) is 2.10. The van der Waals surface area contributed by atoms with Crippen molar-refractivity contribution in [2.75, 3.05) is 26.1 Å². The molecule has 0 bridgehead atoms. The number of aryl methyl sites for hydroxylation is 1. The lowest BCUT2D eigenvalue weighted by Gasteiger charge is -2.24. The van der Waals surface area contributed by atoms with E-state index >= 15 is 0 Å². The van der Waals surface area contributed by atoms with Crippen molar-refractivity contribution in [3.05, 3.63) is 23.3 Å².